The van der Waals surface area contributed by atoms with Crippen molar-refractivity contribution in [3.05, 3.63) is 23.8 Å². The topological polar surface area (TPSA) is 81.6 Å². The maximum atomic E-state index is 12.4. The first kappa shape index (κ1) is 15.3. The number of nitrogen functional groups attached to an aromatic ring is 2. The van der Waals surface area contributed by atoms with Crippen LogP contribution in [0.1, 0.15) is 24.2 Å². The van der Waals surface area contributed by atoms with Gasteiger partial charge in [-0.2, -0.15) is 0 Å². The van der Waals surface area contributed by atoms with E-state index in [1.807, 2.05) is 0 Å². The molecule has 0 aromatic heterocycles. The molecular weight excluding hydrogens is 242 g/mol. The lowest BCUT2D eigenvalue weighted by atomic mass is 10.1. The Morgan fingerprint density at radius 1 is 1.26 bits per heavy atom. The highest BCUT2D eigenvalue weighted by Crippen LogP contribution is 2.16. The SMILES string of the molecule is COCCN(CC(C)C)C(=O)c1cc(N)cc(N)c1. The van der Waals surface area contributed by atoms with Crippen LogP contribution in [0.15, 0.2) is 18.2 Å². The number of benzene rings is 1. The number of ether oxygens (including phenoxy) is 1. The van der Waals surface area contributed by atoms with Crippen LogP contribution in [0.2, 0.25) is 0 Å². The molecule has 0 aliphatic carbocycles. The maximum Gasteiger partial charge on any atom is 0.254 e. The summed E-state index contributed by atoms with van der Waals surface area (Å²) < 4.78 is 5.04. The van der Waals surface area contributed by atoms with Crippen molar-refractivity contribution in [1.29, 1.82) is 0 Å². The molecule has 0 aliphatic rings. The van der Waals surface area contributed by atoms with Crippen LogP contribution < -0.4 is 11.5 Å². The van der Waals surface area contributed by atoms with Gasteiger partial charge in [0.2, 0.25) is 0 Å². The highest BCUT2D eigenvalue weighted by molar-refractivity contribution is 5.96. The van der Waals surface area contributed by atoms with Crippen LogP contribution in [0.4, 0.5) is 11.4 Å². The molecule has 5 heteroatoms. The number of hydrogen-bond acceptors (Lipinski definition) is 4. The lowest BCUT2D eigenvalue weighted by Crippen LogP contribution is -2.36. The minimum absolute atomic E-state index is 0.0650. The standard InChI is InChI=1S/C14H23N3O2/c1-10(2)9-17(4-5-19-3)14(18)11-6-12(15)8-13(16)7-11/h6-8,10H,4-5,9,15-16H2,1-3H3. The smallest absolute Gasteiger partial charge is 0.254 e. The first-order valence-corrected chi connectivity index (χ1v) is 6.38. The first-order chi connectivity index (χ1) is 8.93. The molecule has 1 amide bonds. The third kappa shape index (κ3) is 4.79. The van der Waals surface area contributed by atoms with E-state index in [1.165, 1.54) is 0 Å². The number of rotatable bonds is 6. The van der Waals surface area contributed by atoms with Gasteiger partial charge in [0.15, 0.2) is 0 Å². The molecular formula is C14H23N3O2. The van der Waals surface area contributed by atoms with Crippen LogP contribution in [-0.4, -0.2) is 37.6 Å². The van der Waals surface area contributed by atoms with E-state index in [1.54, 1.807) is 30.2 Å². The number of hydrogen-bond donors (Lipinski definition) is 2. The Bertz CT molecular complexity index is 412. The molecule has 0 aliphatic heterocycles. The molecule has 0 atom stereocenters. The van der Waals surface area contributed by atoms with Crippen molar-refractivity contribution in [2.24, 2.45) is 5.92 Å². The predicted octanol–water partition coefficient (Wildman–Crippen LogP) is 1.60. The fraction of sp³-hybridized carbons (Fsp3) is 0.500. The average molecular weight is 265 g/mol. The quantitative estimate of drug-likeness (QED) is 0.765. The highest BCUT2D eigenvalue weighted by Gasteiger charge is 2.17. The third-order valence-electron chi connectivity index (χ3n) is 2.66. The van der Waals surface area contributed by atoms with E-state index in [9.17, 15) is 4.79 Å². The van der Waals surface area contributed by atoms with Gasteiger partial charge in [-0.15, -0.1) is 0 Å². The minimum Gasteiger partial charge on any atom is -0.399 e. The van der Waals surface area contributed by atoms with E-state index < -0.39 is 0 Å². The van der Waals surface area contributed by atoms with Crippen molar-refractivity contribution in [3.63, 3.8) is 0 Å². The van der Waals surface area contributed by atoms with E-state index >= 15 is 0 Å². The Hall–Kier alpha value is -1.75. The second kappa shape index (κ2) is 6.99. The molecule has 0 heterocycles. The van der Waals surface area contributed by atoms with E-state index in [0.717, 1.165) is 0 Å². The van der Waals surface area contributed by atoms with Crippen molar-refractivity contribution in [2.45, 2.75) is 13.8 Å². The average Bonchev–Trinajstić information content (AvgIpc) is 2.32. The van der Waals surface area contributed by atoms with Crippen LogP contribution in [0.3, 0.4) is 0 Å². The molecule has 106 valence electrons. The van der Waals surface area contributed by atoms with Gasteiger partial charge in [0.25, 0.3) is 5.91 Å². The summed E-state index contributed by atoms with van der Waals surface area (Å²) in [4.78, 5) is 14.2. The van der Waals surface area contributed by atoms with Gasteiger partial charge in [-0.1, -0.05) is 13.8 Å². The summed E-state index contributed by atoms with van der Waals surface area (Å²) in [5.41, 5.74) is 13.0. The van der Waals surface area contributed by atoms with Gasteiger partial charge in [0.05, 0.1) is 6.61 Å². The molecule has 0 fully saturated rings. The molecule has 1 aromatic rings. The van der Waals surface area contributed by atoms with E-state index in [-0.39, 0.29) is 5.91 Å². The zero-order valence-electron chi connectivity index (χ0n) is 11.8. The van der Waals surface area contributed by atoms with Gasteiger partial charge in [0.1, 0.15) is 0 Å². The van der Waals surface area contributed by atoms with E-state index in [0.29, 0.717) is 42.6 Å². The molecule has 0 radical (unpaired) electrons. The molecule has 0 saturated heterocycles. The Morgan fingerprint density at radius 2 is 1.84 bits per heavy atom. The van der Waals surface area contributed by atoms with Crippen LogP contribution >= 0.6 is 0 Å². The number of nitrogens with two attached hydrogens (primary N) is 2. The summed E-state index contributed by atoms with van der Waals surface area (Å²) in [6, 6.07) is 4.94. The molecule has 1 aromatic carbocycles. The number of carbonyl (C=O) groups is 1. The Morgan fingerprint density at radius 3 is 2.32 bits per heavy atom. The Kier molecular flexibility index (Phi) is 5.63. The molecule has 0 saturated carbocycles. The van der Waals surface area contributed by atoms with Gasteiger partial charge >= 0.3 is 0 Å². The van der Waals surface area contributed by atoms with Crippen molar-refractivity contribution >= 4 is 17.3 Å². The fourth-order valence-corrected chi connectivity index (χ4v) is 1.90. The predicted molar refractivity (Wildman–Crippen MR) is 77.9 cm³/mol. The normalized spacial score (nSPS) is 10.7. The number of methoxy groups -OCH3 is 1. The molecule has 0 bridgehead atoms. The van der Waals surface area contributed by atoms with Gasteiger partial charge in [-0.3, -0.25) is 4.79 Å². The molecule has 0 spiro atoms. The second-order valence-electron chi connectivity index (χ2n) is 5.03. The summed E-state index contributed by atoms with van der Waals surface area (Å²) >= 11 is 0. The summed E-state index contributed by atoms with van der Waals surface area (Å²) in [5.74, 6) is 0.323. The first-order valence-electron chi connectivity index (χ1n) is 6.38. The molecule has 4 N–H and O–H groups in total. The summed E-state index contributed by atoms with van der Waals surface area (Å²) in [6.07, 6.45) is 0. The number of anilines is 2. The molecule has 5 nitrogen and oxygen atoms in total. The lowest BCUT2D eigenvalue weighted by molar-refractivity contribution is 0.0672. The molecule has 0 unspecified atom stereocenters. The maximum absolute atomic E-state index is 12.4. The van der Waals surface area contributed by atoms with Crippen LogP contribution in [-0.2, 0) is 4.74 Å². The van der Waals surface area contributed by atoms with Crippen molar-refractivity contribution in [1.82, 2.24) is 4.90 Å². The summed E-state index contributed by atoms with van der Waals surface area (Å²) in [6.45, 7) is 5.89. The van der Waals surface area contributed by atoms with E-state index in [2.05, 4.69) is 13.8 Å². The molecule has 19 heavy (non-hydrogen) atoms. The summed E-state index contributed by atoms with van der Waals surface area (Å²) in [5, 5.41) is 0. The molecule has 1 rings (SSSR count). The Balaban J connectivity index is 2.90. The van der Waals surface area contributed by atoms with Gasteiger partial charge < -0.3 is 21.1 Å². The van der Waals surface area contributed by atoms with Gasteiger partial charge in [-0.25, -0.2) is 0 Å². The van der Waals surface area contributed by atoms with Crippen LogP contribution in [0.5, 0.6) is 0 Å². The van der Waals surface area contributed by atoms with Crippen molar-refractivity contribution in [3.8, 4) is 0 Å². The lowest BCUT2D eigenvalue weighted by Gasteiger charge is -2.24. The van der Waals surface area contributed by atoms with Gasteiger partial charge in [-0.05, 0) is 24.1 Å². The van der Waals surface area contributed by atoms with Crippen LogP contribution in [0, 0.1) is 5.92 Å². The third-order valence-corrected chi connectivity index (χ3v) is 2.66. The zero-order chi connectivity index (χ0) is 14.4. The number of nitrogens with zero attached hydrogens (tertiary/aromatic N) is 1. The zero-order valence-corrected chi connectivity index (χ0v) is 11.8. The largest absolute Gasteiger partial charge is 0.399 e. The number of amides is 1. The second-order valence-corrected chi connectivity index (χ2v) is 5.03. The van der Waals surface area contributed by atoms with Crippen LogP contribution in [0.25, 0.3) is 0 Å². The van der Waals surface area contributed by atoms with Gasteiger partial charge in [0, 0.05) is 37.1 Å². The van der Waals surface area contributed by atoms with Crippen molar-refractivity contribution < 1.29 is 9.53 Å². The highest BCUT2D eigenvalue weighted by atomic mass is 16.5. The monoisotopic (exact) mass is 265 g/mol. The fourth-order valence-electron chi connectivity index (χ4n) is 1.90. The van der Waals surface area contributed by atoms with E-state index in [4.69, 9.17) is 16.2 Å². The summed E-state index contributed by atoms with van der Waals surface area (Å²) in [7, 11) is 1.62. The number of carbonyl (C=O) groups excluding carboxylic acids is 1. The minimum atomic E-state index is -0.0650. The Labute approximate surface area is 114 Å². The van der Waals surface area contributed by atoms with Crippen molar-refractivity contribution in [2.75, 3.05) is 38.3 Å².